The number of nitrogens with one attached hydrogen (secondary N) is 1. The number of carbonyl (C=O) groups is 1. The van der Waals surface area contributed by atoms with Gasteiger partial charge in [-0.1, -0.05) is 54.6 Å². The van der Waals surface area contributed by atoms with Crippen molar-refractivity contribution >= 4 is 23.2 Å². The summed E-state index contributed by atoms with van der Waals surface area (Å²) in [4.78, 5) is 28.0. The number of hydrogen-bond donors (Lipinski definition) is 1. The van der Waals surface area contributed by atoms with Crippen LogP contribution in [0.1, 0.15) is 22.5 Å². The number of benzene rings is 3. The maximum Gasteiger partial charge on any atom is 0.270 e. The molecule has 0 saturated carbocycles. The Kier molecular flexibility index (Phi) is 6.40. The number of carbonyl (C=O) groups excluding carboxylic acids is 1. The Labute approximate surface area is 191 Å². The van der Waals surface area contributed by atoms with Gasteiger partial charge in [0.15, 0.2) is 0 Å². The molecule has 1 aromatic heterocycles. The van der Waals surface area contributed by atoms with Crippen LogP contribution in [0.25, 0.3) is 17.3 Å². The molecule has 0 unspecified atom stereocenters. The molecule has 164 valence electrons. The van der Waals surface area contributed by atoms with Gasteiger partial charge in [0.2, 0.25) is 0 Å². The Morgan fingerprint density at radius 1 is 1.06 bits per heavy atom. The van der Waals surface area contributed by atoms with E-state index in [1.165, 1.54) is 12.1 Å². The average Bonchev–Trinajstić information content (AvgIpc) is 3.28. The number of nitro benzene ring substituents is 1. The molecule has 0 aliphatic heterocycles. The zero-order valence-corrected chi connectivity index (χ0v) is 18.0. The summed E-state index contributed by atoms with van der Waals surface area (Å²) in [5.74, 6) is 0.636. The maximum atomic E-state index is 13.1. The third-order valence-electron chi connectivity index (χ3n) is 5.21. The summed E-state index contributed by atoms with van der Waals surface area (Å²) in [5.41, 5.74) is 3.67. The van der Waals surface area contributed by atoms with Crippen molar-refractivity contribution in [1.82, 2.24) is 14.9 Å². The normalized spacial score (nSPS) is 11.2. The van der Waals surface area contributed by atoms with Crippen LogP contribution in [-0.4, -0.2) is 20.4 Å². The largest absolute Gasteiger partial charge is 0.348 e. The quantitative estimate of drug-likeness (QED) is 0.191. The summed E-state index contributed by atoms with van der Waals surface area (Å²) in [6.45, 7) is 2.29. The minimum Gasteiger partial charge on any atom is -0.348 e. The zero-order chi connectivity index (χ0) is 23.2. The summed E-state index contributed by atoms with van der Waals surface area (Å²) in [6.07, 6.45) is 5.32. The Bertz CT molecular complexity index is 1310. The van der Waals surface area contributed by atoms with Gasteiger partial charge in [0.25, 0.3) is 11.6 Å². The van der Waals surface area contributed by atoms with Crippen LogP contribution >= 0.6 is 0 Å². The molecule has 0 atom stereocenters. The molecule has 7 heteroatoms. The Morgan fingerprint density at radius 3 is 2.48 bits per heavy atom. The standard InChI is InChI=1S/C26H22N4O3/c1-19-27-14-15-29(19)23-12-10-20(11-13-23)18-28-26(31)25(22-7-3-2-4-8-22)17-21-6-5-9-24(16-21)30(32)33/h2-17H,18H2,1H3,(H,28,31)/b25-17+. The van der Waals surface area contributed by atoms with Crippen molar-refractivity contribution in [3.63, 3.8) is 0 Å². The lowest BCUT2D eigenvalue weighted by Gasteiger charge is -2.11. The molecule has 0 aliphatic rings. The van der Waals surface area contributed by atoms with E-state index in [2.05, 4.69) is 10.3 Å². The molecule has 1 N–H and O–H groups in total. The molecule has 4 rings (SSSR count). The van der Waals surface area contributed by atoms with Gasteiger partial charge in [-0.3, -0.25) is 14.9 Å². The number of aryl methyl sites for hydroxylation is 1. The lowest BCUT2D eigenvalue weighted by atomic mass is 10.0. The number of non-ortho nitro benzene ring substituents is 1. The topological polar surface area (TPSA) is 90.1 Å². The van der Waals surface area contributed by atoms with Crippen LogP contribution in [0.5, 0.6) is 0 Å². The monoisotopic (exact) mass is 438 g/mol. The minimum atomic E-state index is -0.450. The van der Waals surface area contributed by atoms with Crippen molar-refractivity contribution in [2.24, 2.45) is 0 Å². The molecule has 0 spiro atoms. The number of amides is 1. The van der Waals surface area contributed by atoms with Crippen LogP contribution < -0.4 is 5.32 Å². The Hall–Kier alpha value is -4.52. The molecular formula is C26H22N4O3. The SMILES string of the molecule is Cc1nccn1-c1ccc(CNC(=O)/C(=C/c2cccc([N+](=O)[O-])c2)c2ccccc2)cc1. The van der Waals surface area contributed by atoms with E-state index in [4.69, 9.17) is 0 Å². The highest BCUT2D eigenvalue weighted by Crippen LogP contribution is 2.21. The second kappa shape index (κ2) is 9.74. The molecule has 4 aromatic rings. The van der Waals surface area contributed by atoms with Crippen LogP contribution in [-0.2, 0) is 11.3 Å². The van der Waals surface area contributed by atoms with Crippen LogP contribution in [0.4, 0.5) is 5.69 Å². The fourth-order valence-electron chi connectivity index (χ4n) is 3.50. The smallest absolute Gasteiger partial charge is 0.270 e. The van der Waals surface area contributed by atoms with Gasteiger partial charge < -0.3 is 9.88 Å². The van der Waals surface area contributed by atoms with E-state index < -0.39 is 4.92 Å². The van der Waals surface area contributed by atoms with Gasteiger partial charge >= 0.3 is 0 Å². The van der Waals surface area contributed by atoms with Crippen molar-refractivity contribution in [3.8, 4) is 5.69 Å². The fraction of sp³-hybridized carbons (Fsp3) is 0.0769. The van der Waals surface area contributed by atoms with Crippen molar-refractivity contribution in [2.75, 3.05) is 0 Å². The van der Waals surface area contributed by atoms with Crippen LogP contribution in [0.15, 0.2) is 91.3 Å². The first-order valence-corrected chi connectivity index (χ1v) is 10.4. The van der Waals surface area contributed by atoms with Crippen LogP contribution in [0.2, 0.25) is 0 Å². The van der Waals surface area contributed by atoms with Crippen LogP contribution in [0, 0.1) is 17.0 Å². The molecule has 33 heavy (non-hydrogen) atoms. The van der Waals surface area contributed by atoms with Gasteiger partial charge in [-0.25, -0.2) is 4.98 Å². The van der Waals surface area contributed by atoms with E-state index >= 15 is 0 Å². The number of nitro groups is 1. The van der Waals surface area contributed by atoms with Crippen molar-refractivity contribution in [2.45, 2.75) is 13.5 Å². The predicted molar refractivity (Wildman–Crippen MR) is 128 cm³/mol. The molecule has 0 saturated heterocycles. The molecule has 3 aromatic carbocycles. The Balaban J connectivity index is 1.54. The van der Waals surface area contributed by atoms with Gasteiger partial charge in [-0.05, 0) is 41.8 Å². The number of nitrogens with zero attached hydrogens (tertiary/aromatic N) is 3. The predicted octanol–water partition coefficient (Wildman–Crippen LogP) is 4.95. The van der Waals surface area contributed by atoms with Gasteiger partial charge in [0.05, 0.1) is 4.92 Å². The molecular weight excluding hydrogens is 416 g/mol. The van der Waals surface area contributed by atoms with E-state index in [0.29, 0.717) is 17.7 Å². The van der Waals surface area contributed by atoms with E-state index in [0.717, 1.165) is 22.6 Å². The van der Waals surface area contributed by atoms with Gasteiger partial charge in [0.1, 0.15) is 5.82 Å². The first-order chi connectivity index (χ1) is 16.0. The average molecular weight is 438 g/mol. The molecule has 7 nitrogen and oxygen atoms in total. The first kappa shape index (κ1) is 21.7. The highest BCUT2D eigenvalue weighted by molar-refractivity contribution is 6.24. The fourth-order valence-corrected chi connectivity index (χ4v) is 3.50. The summed E-state index contributed by atoms with van der Waals surface area (Å²) in [5, 5.41) is 14.1. The van der Waals surface area contributed by atoms with Gasteiger partial charge in [0, 0.05) is 42.3 Å². The lowest BCUT2D eigenvalue weighted by molar-refractivity contribution is -0.384. The van der Waals surface area contributed by atoms with Gasteiger partial charge in [-0.2, -0.15) is 0 Å². The minimum absolute atomic E-state index is 0.0233. The Morgan fingerprint density at radius 2 is 1.82 bits per heavy atom. The van der Waals surface area contributed by atoms with Gasteiger partial charge in [-0.15, -0.1) is 0 Å². The summed E-state index contributed by atoms with van der Waals surface area (Å²) in [7, 11) is 0. The maximum absolute atomic E-state index is 13.1. The third kappa shape index (κ3) is 5.22. The third-order valence-corrected chi connectivity index (χ3v) is 5.21. The number of imidazole rings is 1. The molecule has 1 heterocycles. The molecule has 0 radical (unpaired) electrons. The summed E-state index contributed by atoms with van der Waals surface area (Å²) in [6, 6.07) is 23.3. The molecule has 0 aliphatic carbocycles. The summed E-state index contributed by atoms with van der Waals surface area (Å²) < 4.78 is 1.98. The zero-order valence-electron chi connectivity index (χ0n) is 18.0. The summed E-state index contributed by atoms with van der Waals surface area (Å²) >= 11 is 0. The van der Waals surface area contributed by atoms with Crippen molar-refractivity contribution < 1.29 is 9.72 Å². The van der Waals surface area contributed by atoms with Crippen molar-refractivity contribution in [3.05, 3.63) is 124 Å². The van der Waals surface area contributed by atoms with Crippen LogP contribution in [0.3, 0.4) is 0 Å². The number of hydrogen-bond acceptors (Lipinski definition) is 4. The second-order valence-corrected chi connectivity index (χ2v) is 7.47. The molecule has 0 bridgehead atoms. The number of aromatic nitrogens is 2. The van der Waals surface area contributed by atoms with E-state index in [9.17, 15) is 14.9 Å². The number of rotatable bonds is 7. The van der Waals surface area contributed by atoms with Crippen molar-refractivity contribution in [1.29, 1.82) is 0 Å². The second-order valence-electron chi connectivity index (χ2n) is 7.47. The lowest BCUT2D eigenvalue weighted by Crippen LogP contribution is -2.23. The first-order valence-electron chi connectivity index (χ1n) is 10.4. The molecule has 1 amide bonds. The highest BCUT2D eigenvalue weighted by atomic mass is 16.6. The van der Waals surface area contributed by atoms with E-state index in [-0.39, 0.29) is 11.6 Å². The highest BCUT2D eigenvalue weighted by Gasteiger charge is 2.13. The van der Waals surface area contributed by atoms with E-state index in [1.54, 1.807) is 24.4 Å². The molecule has 0 fully saturated rings. The van der Waals surface area contributed by atoms with E-state index in [1.807, 2.05) is 72.3 Å².